The zero-order chi connectivity index (χ0) is 12.8. The molecule has 3 unspecified atom stereocenters. The van der Waals surface area contributed by atoms with Gasteiger partial charge in [-0.05, 0) is 63.3 Å². The van der Waals surface area contributed by atoms with Crippen LogP contribution in [0.1, 0.15) is 71.6 Å². The lowest BCUT2D eigenvalue weighted by Crippen LogP contribution is -2.38. The first kappa shape index (κ1) is 14.1. The quantitative estimate of drug-likeness (QED) is 0.674. The van der Waals surface area contributed by atoms with Crippen LogP contribution < -0.4 is 5.32 Å². The van der Waals surface area contributed by atoms with E-state index in [1.807, 2.05) is 0 Å². The number of hydrogen-bond donors (Lipinski definition) is 1. The van der Waals surface area contributed by atoms with Crippen LogP contribution in [0, 0.1) is 11.8 Å². The summed E-state index contributed by atoms with van der Waals surface area (Å²) >= 11 is 0. The van der Waals surface area contributed by atoms with Gasteiger partial charge < -0.3 is 5.32 Å². The van der Waals surface area contributed by atoms with E-state index in [0.717, 1.165) is 11.8 Å². The minimum absolute atomic E-state index is 0.710. The average molecular weight is 249 g/mol. The van der Waals surface area contributed by atoms with Crippen molar-refractivity contribution in [2.24, 2.45) is 11.8 Å². The second-order valence-electron chi connectivity index (χ2n) is 6.30. The Labute approximate surface area is 113 Å². The van der Waals surface area contributed by atoms with E-state index in [1.54, 1.807) is 5.57 Å². The molecule has 1 saturated carbocycles. The first-order valence-corrected chi connectivity index (χ1v) is 8.27. The number of hydrogen-bond acceptors (Lipinski definition) is 1. The number of allylic oxidation sites excluding steroid dienone is 1. The molecule has 104 valence electrons. The van der Waals surface area contributed by atoms with Crippen molar-refractivity contribution in [3.63, 3.8) is 0 Å². The van der Waals surface area contributed by atoms with Gasteiger partial charge >= 0.3 is 0 Å². The minimum Gasteiger partial charge on any atom is -0.310 e. The van der Waals surface area contributed by atoms with Gasteiger partial charge in [-0.3, -0.25) is 0 Å². The van der Waals surface area contributed by atoms with Crippen molar-refractivity contribution in [1.82, 2.24) is 5.32 Å². The second-order valence-corrected chi connectivity index (χ2v) is 6.30. The fourth-order valence-corrected chi connectivity index (χ4v) is 3.83. The van der Waals surface area contributed by atoms with Gasteiger partial charge in [0.25, 0.3) is 0 Å². The predicted octanol–water partition coefficient (Wildman–Crippen LogP) is 4.68. The van der Waals surface area contributed by atoms with Gasteiger partial charge in [-0.15, -0.1) is 0 Å². The zero-order valence-corrected chi connectivity index (χ0v) is 12.4. The van der Waals surface area contributed by atoms with E-state index in [0.29, 0.717) is 6.04 Å². The molecule has 3 atom stereocenters. The Morgan fingerprint density at radius 3 is 2.78 bits per heavy atom. The van der Waals surface area contributed by atoms with Gasteiger partial charge in [0.1, 0.15) is 0 Å². The van der Waals surface area contributed by atoms with Gasteiger partial charge in [0.05, 0.1) is 0 Å². The van der Waals surface area contributed by atoms with Crippen molar-refractivity contribution in [3.8, 4) is 0 Å². The zero-order valence-electron chi connectivity index (χ0n) is 12.4. The third-order valence-electron chi connectivity index (χ3n) is 4.97. The lowest BCUT2D eigenvalue weighted by atomic mass is 9.85. The van der Waals surface area contributed by atoms with Gasteiger partial charge in [0.2, 0.25) is 0 Å². The summed E-state index contributed by atoms with van der Waals surface area (Å²) in [6, 6.07) is 0.710. The van der Waals surface area contributed by atoms with Gasteiger partial charge in [-0.25, -0.2) is 0 Å². The maximum absolute atomic E-state index is 3.86. The Hall–Kier alpha value is -0.300. The van der Waals surface area contributed by atoms with Crippen LogP contribution in [0.2, 0.25) is 0 Å². The van der Waals surface area contributed by atoms with Crippen LogP contribution in [-0.2, 0) is 0 Å². The Bertz CT molecular complexity index is 269. The molecule has 2 aliphatic rings. The van der Waals surface area contributed by atoms with E-state index in [1.165, 1.54) is 64.3 Å². The summed E-state index contributed by atoms with van der Waals surface area (Å²) < 4.78 is 0. The molecule has 1 fully saturated rings. The molecule has 0 radical (unpaired) electrons. The van der Waals surface area contributed by atoms with E-state index in [4.69, 9.17) is 0 Å². The summed E-state index contributed by atoms with van der Waals surface area (Å²) in [5, 5.41) is 3.86. The normalized spacial score (nSPS) is 30.2. The Balaban J connectivity index is 1.98. The Morgan fingerprint density at radius 2 is 2.17 bits per heavy atom. The second kappa shape index (κ2) is 7.33. The molecule has 0 saturated heterocycles. The van der Waals surface area contributed by atoms with E-state index < -0.39 is 0 Å². The van der Waals surface area contributed by atoms with Gasteiger partial charge in [-0.2, -0.15) is 0 Å². The molecule has 0 aromatic rings. The summed E-state index contributed by atoms with van der Waals surface area (Å²) in [5.74, 6) is 1.93. The highest BCUT2D eigenvalue weighted by Crippen LogP contribution is 2.38. The Kier molecular flexibility index (Phi) is 5.75. The highest BCUT2D eigenvalue weighted by molar-refractivity contribution is 5.15. The lowest BCUT2D eigenvalue weighted by molar-refractivity contribution is 0.370. The molecule has 0 spiro atoms. The van der Waals surface area contributed by atoms with Crippen molar-refractivity contribution in [1.29, 1.82) is 0 Å². The van der Waals surface area contributed by atoms with E-state index in [9.17, 15) is 0 Å². The first-order chi connectivity index (χ1) is 8.85. The van der Waals surface area contributed by atoms with E-state index in [-0.39, 0.29) is 0 Å². The molecule has 0 bridgehead atoms. The predicted molar refractivity (Wildman–Crippen MR) is 79.8 cm³/mol. The molecular weight excluding hydrogens is 218 g/mol. The van der Waals surface area contributed by atoms with Gasteiger partial charge in [0.15, 0.2) is 0 Å². The topological polar surface area (TPSA) is 12.0 Å². The molecule has 18 heavy (non-hydrogen) atoms. The highest BCUT2D eigenvalue weighted by Gasteiger charge is 2.31. The molecular formula is C17H31N. The van der Waals surface area contributed by atoms with Crippen molar-refractivity contribution in [2.75, 3.05) is 6.54 Å². The fraction of sp³-hybridized carbons (Fsp3) is 0.882. The third kappa shape index (κ3) is 3.60. The van der Waals surface area contributed by atoms with Crippen LogP contribution in [-0.4, -0.2) is 12.6 Å². The highest BCUT2D eigenvalue weighted by atomic mass is 14.9. The number of rotatable bonds is 6. The molecule has 0 heterocycles. The molecule has 0 aromatic carbocycles. The minimum atomic E-state index is 0.710. The first-order valence-electron chi connectivity index (χ1n) is 8.27. The van der Waals surface area contributed by atoms with Gasteiger partial charge in [0, 0.05) is 6.04 Å². The van der Waals surface area contributed by atoms with Crippen LogP contribution in [0.3, 0.4) is 0 Å². The van der Waals surface area contributed by atoms with Crippen molar-refractivity contribution in [2.45, 2.75) is 77.7 Å². The maximum Gasteiger partial charge on any atom is 0.0307 e. The number of nitrogens with one attached hydrogen (secondary N) is 1. The van der Waals surface area contributed by atoms with E-state index in [2.05, 4.69) is 25.2 Å². The average Bonchev–Trinajstić information content (AvgIpc) is 2.89. The maximum atomic E-state index is 3.86. The molecule has 0 amide bonds. The molecule has 1 nitrogen and oxygen atoms in total. The Morgan fingerprint density at radius 1 is 1.28 bits per heavy atom. The summed E-state index contributed by atoms with van der Waals surface area (Å²) in [6.45, 7) is 5.83. The van der Waals surface area contributed by atoms with Crippen molar-refractivity contribution >= 4 is 0 Å². The molecule has 1 N–H and O–H groups in total. The summed E-state index contributed by atoms with van der Waals surface area (Å²) in [7, 11) is 0. The summed E-state index contributed by atoms with van der Waals surface area (Å²) in [4.78, 5) is 0. The van der Waals surface area contributed by atoms with Crippen molar-refractivity contribution < 1.29 is 0 Å². The van der Waals surface area contributed by atoms with Gasteiger partial charge in [-0.1, -0.05) is 38.3 Å². The van der Waals surface area contributed by atoms with Crippen LogP contribution in [0.4, 0.5) is 0 Å². The summed E-state index contributed by atoms with van der Waals surface area (Å²) in [6.07, 6.45) is 15.1. The van der Waals surface area contributed by atoms with Crippen LogP contribution in [0.15, 0.2) is 11.6 Å². The standard InChI is InChI=1S/C17H31N/c1-3-12-18-17(15-8-6-5-7-9-15)16-11-10-14(4-2)13-16/h8,14,16-18H,3-7,9-13H2,1-2H3. The molecule has 2 rings (SSSR count). The molecule has 0 aromatic heterocycles. The lowest BCUT2D eigenvalue weighted by Gasteiger charge is -2.30. The molecule has 0 aliphatic heterocycles. The monoisotopic (exact) mass is 249 g/mol. The third-order valence-corrected chi connectivity index (χ3v) is 4.97. The molecule has 1 heteroatoms. The largest absolute Gasteiger partial charge is 0.310 e. The van der Waals surface area contributed by atoms with Crippen LogP contribution >= 0.6 is 0 Å². The summed E-state index contributed by atoms with van der Waals surface area (Å²) in [5.41, 5.74) is 1.75. The van der Waals surface area contributed by atoms with Crippen LogP contribution in [0.5, 0.6) is 0 Å². The molecule has 2 aliphatic carbocycles. The van der Waals surface area contributed by atoms with Crippen molar-refractivity contribution in [3.05, 3.63) is 11.6 Å². The van der Waals surface area contributed by atoms with Crippen LogP contribution in [0.25, 0.3) is 0 Å². The smallest absolute Gasteiger partial charge is 0.0307 e. The van der Waals surface area contributed by atoms with E-state index >= 15 is 0 Å². The SMILES string of the molecule is CCCNC(C1=CCCCC1)C1CCC(CC)C1. The fourth-order valence-electron chi connectivity index (χ4n) is 3.83.